The van der Waals surface area contributed by atoms with E-state index in [9.17, 15) is 4.79 Å². The first kappa shape index (κ1) is 17.9. The van der Waals surface area contributed by atoms with Crippen molar-refractivity contribution in [3.63, 3.8) is 0 Å². The van der Waals surface area contributed by atoms with Gasteiger partial charge in [0, 0.05) is 11.6 Å². The predicted octanol–water partition coefficient (Wildman–Crippen LogP) is 5.18. The van der Waals surface area contributed by atoms with Crippen molar-refractivity contribution in [2.45, 2.75) is 19.3 Å². The predicted molar refractivity (Wildman–Crippen MR) is 114 cm³/mol. The average Bonchev–Trinajstić information content (AvgIpc) is 2.75. The van der Waals surface area contributed by atoms with E-state index in [1.807, 2.05) is 48.5 Å². The molecule has 0 fully saturated rings. The summed E-state index contributed by atoms with van der Waals surface area (Å²) in [6.45, 7) is 2.15. The zero-order valence-corrected chi connectivity index (χ0v) is 15.8. The minimum atomic E-state index is -0.144. The number of aromatic amines is 1. The van der Waals surface area contributed by atoms with Gasteiger partial charge in [0.2, 0.25) is 0 Å². The lowest BCUT2D eigenvalue weighted by Crippen LogP contribution is -2.14. The zero-order valence-electron chi connectivity index (χ0n) is 15.8. The molecule has 1 aromatic heterocycles. The van der Waals surface area contributed by atoms with Crippen LogP contribution in [-0.2, 0) is 6.42 Å². The van der Waals surface area contributed by atoms with Crippen molar-refractivity contribution in [3.05, 3.63) is 124 Å². The fraction of sp³-hybridized carbons (Fsp3) is 0.120. The summed E-state index contributed by atoms with van der Waals surface area (Å²) in [6, 6.07) is 30.2. The molecule has 0 aliphatic carbocycles. The minimum Gasteiger partial charge on any atom is -0.307 e. The number of hydrogen-bond donors (Lipinski definition) is 1. The van der Waals surface area contributed by atoms with E-state index in [0.717, 1.165) is 28.8 Å². The molecular weight excluding hydrogens is 344 g/mol. The van der Waals surface area contributed by atoms with Crippen molar-refractivity contribution in [3.8, 4) is 11.4 Å². The van der Waals surface area contributed by atoms with Gasteiger partial charge in [-0.05, 0) is 23.1 Å². The van der Waals surface area contributed by atoms with E-state index < -0.39 is 0 Å². The molecule has 138 valence electrons. The van der Waals surface area contributed by atoms with Gasteiger partial charge in [-0.1, -0.05) is 91.9 Å². The Hall–Kier alpha value is -3.46. The Bertz CT molecular complexity index is 1100. The zero-order chi connectivity index (χ0) is 19.3. The van der Waals surface area contributed by atoms with Crippen LogP contribution >= 0.6 is 0 Å². The third-order valence-corrected chi connectivity index (χ3v) is 4.96. The second-order valence-corrected chi connectivity index (χ2v) is 6.82. The highest BCUT2D eigenvalue weighted by Crippen LogP contribution is 2.31. The van der Waals surface area contributed by atoms with E-state index in [2.05, 4.69) is 48.3 Å². The maximum absolute atomic E-state index is 12.5. The van der Waals surface area contributed by atoms with Crippen molar-refractivity contribution in [1.82, 2.24) is 9.97 Å². The molecule has 28 heavy (non-hydrogen) atoms. The molecule has 0 bridgehead atoms. The number of H-pyrrole nitrogens is 1. The molecule has 3 nitrogen and oxygen atoms in total. The molecule has 1 atom stereocenters. The molecule has 1 unspecified atom stereocenters. The van der Waals surface area contributed by atoms with Gasteiger partial charge in [-0.25, -0.2) is 4.98 Å². The second-order valence-electron chi connectivity index (χ2n) is 6.82. The van der Waals surface area contributed by atoms with E-state index in [1.54, 1.807) is 6.07 Å². The van der Waals surface area contributed by atoms with Crippen molar-refractivity contribution in [2.75, 3.05) is 0 Å². The highest BCUT2D eigenvalue weighted by Gasteiger charge is 2.19. The van der Waals surface area contributed by atoms with Crippen LogP contribution in [0.3, 0.4) is 0 Å². The van der Waals surface area contributed by atoms with Crippen LogP contribution < -0.4 is 5.56 Å². The molecule has 0 aliphatic heterocycles. The highest BCUT2D eigenvalue weighted by atomic mass is 16.1. The molecule has 3 heteroatoms. The molecule has 1 N–H and O–H groups in total. The Balaban J connectivity index is 1.87. The fourth-order valence-corrected chi connectivity index (χ4v) is 3.48. The Morgan fingerprint density at radius 3 is 2.07 bits per heavy atom. The van der Waals surface area contributed by atoms with E-state index in [4.69, 9.17) is 4.98 Å². The van der Waals surface area contributed by atoms with E-state index in [1.165, 1.54) is 5.56 Å². The largest absolute Gasteiger partial charge is 0.307 e. The topological polar surface area (TPSA) is 45.8 Å². The summed E-state index contributed by atoms with van der Waals surface area (Å²) in [4.78, 5) is 20.2. The summed E-state index contributed by atoms with van der Waals surface area (Å²) in [5.74, 6) is 0.492. The number of nitrogens with one attached hydrogen (secondary N) is 1. The fourth-order valence-electron chi connectivity index (χ4n) is 3.48. The van der Waals surface area contributed by atoms with Crippen LogP contribution in [0.4, 0.5) is 0 Å². The highest BCUT2D eigenvalue weighted by molar-refractivity contribution is 5.55. The SMILES string of the molecule is CCc1ccc(C(c2ccccc2)c2cc(=O)[nH]c(-c3ccccc3)n2)cc1. The second kappa shape index (κ2) is 8.05. The third-order valence-electron chi connectivity index (χ3n) is 4.96. The molecule has 0 radical (unpaired) electrons. The lowest BCUT2D eigenvalue weighted by molar-refractivity contribution is 0.896. The van der Waals surface area contributed by atoms with Crippen LogP contribution in [0.1, 0.15) is 35.2 Å². The maximum atomic E-state index is 12.5. The summed E-state index contributed by atoms with van der Waals surface area (Å²) in [5, 5.41) is 0. The first-order valence-corrected chi connectivity index (χ1v) is 9.55. The van der Waals surface area contributed by atoms with Gasteiger partial charge in [-0.15, -0.1) is 0 Å². The molecule has 1 heterocycles. The van der Waals surface area contributed by atoms with Crippen molar-refractivity contribution >= 4 is 0 Å². The summed E-state index contributed by atoms with van der Waals surface area (Å²) in [6.07, 6.45) is 0.998. The Kier molecular flexibility index (Phi) is 5.16. The van der Waals surface area contributed by atoms with Crippen LogP contribution in [0.5, 0.6) is 0 Å². The van der Waals surface area contributed by atoms with E-state index >= 15 is 0 Å². The van der Waals surface area contributed by atoms with Crippen LogP contribution in [0, 0.1) is 0 Å². The lowest BCUT2D eigenvalue weighted by atomic mass is 9.87. The van der Waals surface area contributed by atoms with Gasteiger partial charge in [-0.3, -0.25) is 4.79 Å². The number of hydrogen-bond acceptors (Lipinski definition) is 2. The van der Waals surface area contributed by atoms with Gasteiger partial charge in [0.25, 0.3) is 5.56 Å². The first-order valence-electron chi connectivity index (χ1n) is 9.55. The number of rotatable bonds is 5. The Labute approximate surface area is 164 Å². The first-order chi connectivity index (χ1) is 13.7. The number of aryl methyl sites for hydroxylation is 1. The van der Waals surface area contributed by atoms with E-state index in [0.29, 0.717) is 5.82 Å². The molecular formula is C25H22N2O. The molecule has 0 aliphatic rings. The standard InChI is InChI=1S/C25H22N2O/c1-2-18-13-15-20(16-14-18)24(19-9-5-3-6-10-19)22-17-23(28)27-25(26-22)21-11-7-4-8-12-21/h3-17,24H,2H2,1H3,(H,26,27,28). The number of aromatic nitrogens is 2. The Morgan fingerprint density at radius 1 is 0.821 bits per heavy atom. The van der Waals surface area contributed by atoms with Gasteiger partial charge in [0.05, 0.1) is 11.6 Å². The number of nitrogens with zero attached hydrogens (tertiary/aromatic N) is 1. The van der Waals surface area contributed by atoms with Crippen LogP contribution in [0.2, 0.25) is 0 Å². The van der Waals surface area contributed by atoms with Gasteiger partial charge in [0.1, 0.15) is 5.82 Å². The maximum Gasteiger partial charge on any atom is 0.251 e. The molecule has 3 aromatic carbocycles. The normalized spacial score (nSPS) is 11.9. The van der Waals surface area contributed by atoms with Crippen LogP contribution in [0.15, 0.2) is 95.8 Å². The smallest absolute Gasteiger partial charge is 0.251 e. The van der Waals surface area contributed by atoms with Crippen molar-refractivity contribution in [2.24, 2.45) is 0 Å². The van der Waals surface area contributed by atoms with Crippen molar-refractivity contribution in [1.29, 1.82) is 0 Å². The quantitative estimate of drug-likeness (QED) is 0.529. The van der Waals surface area contributed by atoms with E-state index in [-0.39, 0.29) is 11.5 Å². The van der Waals surface area contributed by atoms with Gasteiger partial charge >= 0.3 is 0 Å². The summed E-state index contributed by atoms with van der Waals surface area (Å²) in [5.41, 5.74) is 5.03. The van der Waals surface area contributed by atoms with Gasteiger partial charge in [-0.2, -0.15) is 0 Å². The average molecular weight is 366 g/mol. The molecule has 0 spiro atoms. The third kappa shape index (κ3) is 3.79. The molecule has 0 amide bonds. The van der Waals surface area contributed by atoms with Crippen LogP contribution in [-0.4, -0.2) is 9.97 Å². The minimum absolute atomic E-state index is 0.100. The molecule has 0 saturated carbocycles. The molecule has 0 saturated heterocycles. The molecule has 4 aromatic rings. The Morgan fingerprint density at radius 2 is 1.43 bits per heavy atom. The molecule has 4 rings (SSSR count). The summed E-state index contributed by atoms with van der Waals surface area (Å²) >= 11 is 0. The lowest BCUT2D eigenvalue weighted by Gasteiger charge is -2.19. The monoisotopic (exact) mass is 366 g/mol. The van der Waals surface area contributed by atoms with Gasteiger partial charge in [0.15, 0.2) is 0 Å². The summed E-state index contributed by atoms with van der Waals surface area (Å²) in [7, 11) is 0. The van der Waals surface area contributed by atoms with Crippen LogP contribution in [0.25, 0.3) is 11.4 Å². The summed E-state index contributed by atoms with van der Waals surface area (Å²) < 4.78 is 0. The van der Waals surface area contributed by atoms with Gasteiger partial charge < -0.3 is 4.98 Å². The number of benzene rings is 3. The van der Waals surface area contributed by atoms with Crippen molar-refractivity contribution < 1.29 is 0 Å².